The maximum atomic E-state index is 14.5. The maximum Gasteiger partial charge on any atom is 0.455 e. The molecule has 3 aromatic carbocycles. The molecule has 4 rings (SSSR count). The third kappa shape index (κ3) is 3.95. The predicted molar refractivity (Wildman–Crippen MR) is 114 cm³/mol. The minimum absolute atomic E-state index is 0.0391. The van der Waals surface area contributed by atoms with Gasteiger partial charge in [0.15, 0.2) is 0 Å². The van der Waals surface area contributed by atoms with Crippen LogP contribution in [0.1, 0.15) is 23.6 Å². The standard InChI is InChI=1S/C24H21F3N2O2/c1-3-30-19-13-14-20-21(15-19)31-23(24(25,26)27,17-11-9-16(2)10-12-17)29-22(20)28-18-7-5-4-6-8-18/h4-15H,3H2,1-2H3,(H,28,29). The highest BCUT2D eigenvalue weighted by atomic mass is 19.4. The lowest BCUT2D eigenvalue weighted by molar-refractivity contribution is -0.252. The zero-order valence-electron chi connectivity index (χ0n) is 17.0. The average Bonchev–Trinajstić information content (AvgIpc) is 2.74. The van der Waals surface area contributed by atoms with Crippen LogP contribution in [-0.4, -0.2) is 18.6 Å². The average molecular weight is 426 g/mol. The van der Waals surface area contributed by atoms with Crippen LogP contribution in [-0.2, 0) is 5.72 Å². The number of nitrogens with one attached hydrogen (secondary N) is 1. The SMILES string of the molecule is CCOc1ccc2c(c1)OC(c1ccc(C)cc1)(C(F)(F)F)N=C2Nc1ccccc1. The Hall–Kier alpha value is -3.48. The first-order valence-electron chi connectivity index (χ1n) is 9.84. The number of fused-ring (bicyclic) bond motifs is 1. The fourth-order valence-corrected chi connectivity index (χ4v) is 3.38. The zero-order chi connectivity index (χ0) is 22.1. The van der Waals surface area contributed by atoms with E-state index in [0.717, 1.165) is 5.56 Å². The maximum absolute atomic E-state index is 14.5. The summed E-state index contributed by atoms with van der Waals surface area (Å²) in [5, 5.41) is 3.03. The summed E-state index contributed by atoms with van der Waals surface area (Å²) in [5.74, 6) is 0.521. The fraction of sp³-hybridized carbons (Fsp3) is 0.208. The van der Waals surface area contributed by atoms with E-state index in [-0.39, 0.29) is 17.1 Å². The molecule has 0 bridgehead atoms. The monoisotopic (exact) mass is 426 g/mol. The van der Waals surface area contributed by atoms with E-state index in [2.05, 4.69) is 10.3 Å². The summed E-state index contributed by atoms with van der Waals surface area (Å²) in [7, 11) is 0. The Labute approximate surface area is 178 Å². The molecule has 31 heavy (non-hydrogen) atoms. The normalized spacial score (nSPS) is 17.9. The van der Waals surface area contributed by atoms with Crippen molar-refractivity contribution in [3.05, 3.63) is 89.5 Å². The van der Waals surface area contributed by atoms with Gasteiger partial charge in [0.05, 0.1) is 12.2 Å². The minimum Gasteiger partial charge on any atom is -0.494 e. The first-order chi connectivity index (χ1) is 14.8. The second-order valence-corrected chi connectivity index (χ2v) is 7.15. The molecule has 160 valence electrons. The summed E-state index contributed by atoms with van der Waals surface area (Å²) >= 11 is 0. The Morgan fingerprint density at radius 3 is 2.35 bits per heavy atom. The molecule has 1 unspecified atom stereocenters. The summed E-state index contributed by atoms with van der Waals surface area (Å²) in [6, 6.07) is 19.7. The number of benzene rings is 3. The molecule has 0 fully saturated rings. The van der Waals surface area contributed by atoms with Gasteiger partial charge in [0.1, 0.15) is 17.3 Å². The van der Waals surface area contributed by atoms with Crippen LogP contribution < -0.4 is 14.8 Å². The van der Waals surface area contributed by atoms with E-state index in [4.69, 9.17) is 9.47 Å². The third-order valence-electron chi connectivity index (χ3n) is 4.91. The Kier molecular flexibility index (Phi) is 5.35. The molecular weight excluding hydrogens is 405 g/mol. The molecule has 0 spiro atoms. The number of hydrogen-bond acceptors (Lipinski definition) is 4. The summed E-state index contributed by atoms with van der Waals surface area (Å²) in [6.45, 7) is 3.99. The lowest BCUT2D eigenvalue weighted by Gasteiger charge is -2.37. The van der Waals surface area contributed by atoms with E-state index in [1.807, 2.05) is 6.07 Å². The Balaban J connectivity index is 1.91. The van der Waals surface area contributed by atoms with Crippen molar-refractivity contribution in [3.8, 4) is 11.5 Å². The smallest absolute Gasteiger partial charge is 0.455 e. The topological polar surface area (TPSA) is 42.9 Å². The van der Waals surface area contributed by atoms with Crippen LogP contribution in [0.25, 0.3) is 0 Å². The van der Waals surface area contributed by atoms with E-state index in [1.165, 1.54) is 18.2 Å². The molecule has 7 heteroatoms. The third-order valence-corrected chi connectivity index (χ3v) is 4.91. The molecule has 1 atom stereocenters. The van der Waals surface area contributed by atoms with Crippen molar-refractivity contribution in [2.24, 2.45) is 4.99 Å². The molecule has 0 aliphatic carbocycles. The van der Waals surface area contributed by atoms with Gasteiger partial charge in [-0.15, -0.1) is 0 Å². The highest BCUT2D eigenvalue weighted by molar-refractivity contribution is 6.11. The van der Waals surface area contributed by atoms with Crippen LogP contribution in [0.2, 0.25) is 0 Å². The number of halogens is 3. The molecule has 0 aromatic heterocycles. The van der Waals surface area contributed by atoms with Crippen molar-refractivity contribution in [3.63, 3.8) is 0 Å². The van der Waals surface area contributed by atoms with Gasteiger partial charge in [-0.1, -0.05) is 48.0 Å². The molecule has 1 aliphatic heterocycles. The zero-order valence-corrected chi connectivity index (χ0v) is 17.0. The van der Waals surface area contributed by atoms with Crippen LogP contribution >= 0.6 is 0 Å². The number of ether oxygens (including phenoxy) is 2. The van der Waals surface area contributed by atoms with Crippen molar-refractivity contribution in [1.82, 2.24) is 0 Å². The number of rotatable bonds is 4. The van der Waals surface area contributed by atoms with E-state index >= 15 is 0 Å². The summed E-state index contributed by atoms with van der Waals surface area (Å²) in [4.78, 5) is 4.11. The Bertz CT molecular complexity index is 1100. The van der Waals surface area contributed by atoms with Crippen molar-refractivity contribution < 1.29 is 22.6 Å². The molecule has 3 aromatic rings. The van der Waals surface area contributed by atoms with Crippen molar-refractivity contribution in [2.45, 2.75) is 25.7 Å². The second kappa shape index (κ2) is 7.98. The van der Waals surface area contributed by atoms with Crippen LogP contribution in [0, 0.1) is 6.92 Å². The number of alkyl halides is 3. The van der Waals surface area contributed by atoms with Gasteiger partial charge in [-0.25, -0.2) is 4.99 Å². The summed E-state index contributed by atoms with van der Waals surface area (Å²) < 4.78 is 54.8. The number of para-hydroxylation sites is 1. The number of aryl methyl sites for hydroxylation is 1. The molecule has 1 N–H and O–H groups in total. The van der Waals surface area contributed by atoms with Crippen LogP contribution in [0.5, 0.6) is 11.5 Å². The number of aliphatic imine (C=N–C) groups is 1. The highest BCUT2D eigenvalue weighted by Crippen LogP contribution is 2.48. The molecule has 1 heterocycles. The molecule has 0 radical (unpaired) electrons. The van der Waals surface area contributed by atoms with Gasteiger partial charge in [-0.05, 0) is 38.1 Å². The van der Waals surface area contributed by atoms with Gasteiger partial charge in [0.25, 0.3) is 0 Å². The minimum atomic E-state index is -4.81. The quantitative estimate of drug-likeness (QED) is 0.551. The van der Waals surface area contributed by atoms with E-state index in [1.54, 1.807) is 62.4 Å². The van der Waals surface area contributed by atoms with Gasteiger partial charge in [0, 0.05) is 17.3 Å². The van der Waals surface area contributed by atoms with Crippen molar-refractivity contribution in [1.29, 1.82) is 0 Å². The van der Waals surface area contributed by atoms with Gasteiger partial charge in [0.2, 0.25) is 0 Å². The van der Waals surface area contributed by atoms with Crippen molar-refractivity contribution >= 4 is 11.5 Å². The van der Waals surface area contributed by atoms with Crippen LogP contribution in [0.15, 0.2) is 77.8 Å². The van der Waals surface area contributed by atoms with Crippen LogP contribution in [0.4, 0.5) is 18.9 Å². The highest BCUT2D eigenvalue weighted by Gasteiger charge is 2.61. The Morgan fingerprint density at radius 2 is 1.71 bits per heavy atom. The first kappa shape index (κ1) is 20.8. The van der Waals surface area contributed by atoms with E-state index in [9.17, 15) is 13.2 Å². The second-order valence-electron chi connectivity index (χ2n) is 7.15. The van der Waals surface area contributed by atoms with Gasteiger partial charge in [-0.2, -0.15) is 13.2 Å². The van der Waals surface area contributed by atoms with Crippen LogP contribution in [0.3, 0.4) is 0 Å². The number of anilines is 1. The molecule has 4 nitrogen and oxygen atoms in total. The molecule has 0 saturated carbocycles. The molecular formula is C24H21F3N2O2. The van der Waals surface area contributed by atoms with E-state index in [0.29, 0.717) is 23.6 Å². The van der Waals surface area contributed by atoms with Gasteiger partial charge in [-0.3, -0.25) is 0 Å². The Morgan fingerprint density at radius 1 is 1.00 bits per heavy atom. The van der Waals surface area contributed by atoms with Crippen molar-refractivity contribution in [2.75, 3.05) is 11.9 Å². The summed E-state index contributed by atoms with van der Waals surface area (Å²) in [6.07, 6.45) is -4.81. The largest absolute Gasteiger partial charge is 0.494 e. The summed E-state index contributed by atoms with van der Waals surface area (Å²) in [5.41, 5.74) is -1.13. The predicted octanol–water partition coefficient (Wildman–Crippen LogP) is 6.06. The molecule has 1 aliphatic rings. The lowest BCUT2D eigenvalue weighted by atomic mass is 9.98. The van der Waals surface area contributed by atoms with E-state index < -0.39 is 11.9 Å². The lowest BCUT2D eigenvalue weighted by Crippen LogP contribution is -2.49. The number of nitrogens with zero attached hydrogens (tertiary/aromatic N) is 1. The molecule has 0 amide bonds. The number of amidine groups is 1. The fourth-order valence-electron chi connectivity index (χ4n) is 3.38. The number of hydrogen-bond donors (Lipinski definition) is 1. The van der Waals surface area contributed by atoms with Gasteiger partial charge >= 0.3 is 11.9 Å². The van der Waals surface area contributed by atoms with Gasteiger partial charge < -0.3 is 14.8 Å². The molecule has 0 saturated heterocycles. The first-order valence-corrected chi connectivity index (χ1v) is 9.84.